The van der Waals surface area contributed by atoms with E-state index >= 15 is 0 Å². The molecule has 2 aromatic rings. The number of piperazine rings is 1. The zero-order valence-corrected chi connectivity index (χ0v) is 20.6. The van der Waals surface area contributed by atoms with Crippen LogP contribution in [0.15, 0.2) is 48.5 Å². The second kappa shape index (κ2) is 13.5. The summed E-state index contributed by atoms with van der Waals surface area (Å²) in [5.74, 6) is 2.18. The summed E-state index contributed by atoms with van der Waals surface area (Å²) in [6.45, 7) is 8.42. The van der Waals surface area contributed by atoms with Crippen molar-refractivity contribution in [2.75, 3.05) is 65.0 Å². The van der Waals surface area contributed by atoms with Gasteiger partial charge in [0.15, 0.2) is 11.5 Å². The van der Waals surface area contributed by atoms with Gasteiger partial charge in [-0.15, -0.1) is 0 Å². The predicted octanol–water partition coefficient (Wildman–Crippen LogP) is 3.83. The number of hydrogen-bond donors (Lipinski definition) is 1. The van der Waals surface area contributed by atoms with Crippen LogP contribution in [-0.2, 0) is 4.79 Å². The van der Waals surface area contributed by atoms with E-state index in [0.29, 0.717) is 18.9 Å². The predicted molar refractivity (Wildman–Crippen MR) is 137 cm³/mol. The standard InChI is InChI=1S/C27H37N3O4/c1-4-20-34-25-12-6-22(21-26(25)33-3)7-13-27(31)28-14-5-15-29-16-18-30(19-17-29)23-8-10-24(32-2)11-9-23/h6-13,21H,4-5,14-20H2,1-3H3,(H,28,31)/b13-7+. The van der Waals surface area contributed by atoms with Gasteiger partial charge in [-0.05, 0) is 67.4 Å². The molecule has 34 heavy (non-hydrogen) atoms. The summed E-state index contributed by atoms with van der Waals surface area (Å²) < 4.78 is 16.3. The van der Waals surface area contributed by atoms with Crippen molar-refractivity contribution < 1.29 is 19.0 Å². The van der Waals surface area contributed by atoms with E-state index in [0.717, 1.165) is 62.6 Å². The Hall–Kier alpha value is -3.19. The molecule has 0 spiro atoms. The van der Waals surface area contributed by atoms with Gasteiger partial charge < -0.3 is 24.4 Å². The molecule has 1 heterocycles. The fraction of sp³-hybridized carbons (Fsp3) is 0.444. The van der Waals surface area contributed by atoms with Crippen LogP contribution >= 0.6 is 0 Å². The quantitative estimate of drug-likeness (QED) is 0.378. The first kappa shape index (κ1) is 25.4. The number of ether oxygens (including phenoxy) is 3. The van der Waals surface area contributed by atoms with Crippen molar-refractivity contribution in [3.8, 4) is 17.2 Å². The molecule has 2 aromatic carbocycles. The number of methoxy groups -OCH3 is 2. The van der Waals surface area contributed by atoms with E-state index in [9.17, 15) is 4.79 Å². The van der Waals surface area contributed by atoms with Gasteiger partial charge >= 0.3 is 0 Å². The molecule has 0 bridgehead atoms. The molecule has 3 rings (SSSR count). The molecule has 1 amide bonds. The third-order valence-corrected chi connectivity index (χ3v) is 5.84. The molecule has 1 aliphatic heterocycles. The van der Waals surface area contributed by atoms with Crippen LogP contribution in [0.2, 0.25) is 0 Å². The van der Waals surface area contributed by atoms with Crippen LogP contribution < -0.4 is 24.4 Å². The monoisotopic (exact) mass is 467 g/mol. The van der Waals surface area contributed by atoms with Crippen molar-refractivity contribution in [1.82, 2.24) is 10.2 Å². The highest BCUT2D eigenvalue weighted by molar-refractivity contribution is 5.91. The number of nitrogens with zero attached hydrogens (tertiary/aromatic N) is 2. The summed E-state index contributed by atoms with van der Waals surface area (Å²) in [5.41, 5.74) is 2.13. The van der Waals surface area contributed by atoms with E-state index in [1.807, 2.05) is 30.3 Å². The molecule has 0 atom stereocenters. The molecule has 1 aliphatic rings. The van der Waals surface area contributed by atoms with Gasteiger partial charge in [0, 0.05) is 44.5 Å². The Morgan fingerprint density at radius 3 is 2.44 bits per heavy atom. The summed E-state index contributed by atoms with van der Waals surface area (Å²) in [4.78, 5) is 17.1. The average Bonchev–Trinajstić information content (AvgIpc) is 2.89. The molecule has 0 radical (unpaired) electrons. The van der Waals surface area contributed by atoms with Crippen molar-refractivity contribution in [3.63, 3.8) is 0 Å². The maximum atomic E-state index is 12.2. The topological polar surface area (TPSA) is 63.3 Å². The Labute approximate surface area is 203 Å². The van der Waals surface area contributed by atoms with Gasteiger partial charge in [-0.2, -0.15) is 0 Å². The van der Waals surface area contributed by atoms with Crippen LogP contribution in [0.5, 0.6) is 17.2 Å². The van der Waals surface area contributed by atoms with Gasteiger partial charge in [0.05, 0.1) is 20.8 Å². The van der Waals surface area contributed by atoms with Crippen molar-refractivity contribution >= 4 is 17.7 Å². The largest absolute Gasteiger partial charge is 0.497 e. The maximum absolute atomic E-state index is 12.2. The van der Waals surface area contributed by atoms with Crippen LogP contribution in [0.3, 0.4) is 0 Å². The lowest BCUT2D eigenvalue weighted by molar-refractivity contribution is -0.116. The van der Waals surface area contributed by atoms with Crippen LogP contribution in [0.4, 0.5) is 5.69 Å². The van der Waals surface area contributed by atoms with Crippen molar-refractivity contribution in [1.29, 1.82) is 0 Å². The average molecular weight is 468 g/mol. The van der Waals surface area contributed by atoms with Crippen LogP contribution in [0.25, 0.3) is 6.08 Å². The van der Waals surface area contributed by atoms with E-state index in [1.54, 1.807) is 26.4 Å². The molecule has 1 N–H and O–H groups in total. The van der Waals surface area contributed by atoms with E-state index < -0.39 is 0 Å². The van der Waals surface area contributed by atoms with Crippen molar-refractivity contribution in [2.24, 2.45) is 0 Å². The molecule has 184 valence electrons. The normalized spacial score (nSPS) is 14.3. The number of rotatable bonds is 12. The Balaban J connectivity index is 1.34. The smallest absolute Gasteiger partial charge is 0.243 e. The second-order valence-corrected chi connectivity index (χ2v) is 8.26. The number of anilines is 1. The minimum Gasteiger partial charge on any atom is -0.497 e. The van der Waals surface area contributed by atoms with Gasteiger partial charge in [-0.3, -0.25) is 9.69 Å². The Kier molecular flexibility index (Phi) is 10.1. The maximum Gasteiger partial charge on any atom is 0.243 e. The summed E-state index contributed by atoms with van der Waals surface area (Å²) >= 11 is 0. The molecule has 0 saturated carbocycles. The van der Waals surface area contributed by atoms with Crippen molar-refractivity contribution in [2.45, 2.75) is 19.8 Å². The Bertz CT molecular complexity index is 922. The van der Waals surface area contributed by atoms with E-state index in [4.69, 9.17) is 14.2 Å². The van der Waals surface area contributed by atoms with Gasteiger partial charge in [-0.1, -0.05) is 13.0 Å². The number of nitrogens with one attached hydrogen (secondary N) is 1. The van der Waals surface area contributed by atoms with Crippen LogP contribution in [0.1, 0.15) is 25.3 Å². The molecule has 0 aromatic heterocycles. The fourth-order valence-corrected chi connectivity index (χ4v) is 3.89. The molecular weight excluding hydrogens is 430 g/mol. The lowest BCUT2D eigenvalue weighted by Crippen LogP contribution is -2.47. The molecule has 7 nitrogen and oxygen atoms in total. The SMILES string of the molecule is CCCOc1ccc(/C=C/C(=O)NCCCN2CCN(c3ccc(OC)cc3)CC2)cc1OC. The molecule has 7 heteroatoms. The first-order chi connectivity index (χ1) is 16.6. The lowest BCUT2D eigenvalue weighted by Gasteiger charge is -2.36. The highest BCUT2D eigenvalue weighted by Gasteiger charge is 2.16. The Morgan fingerprint density at radius 2 is 1.76 bits per heavy atom. The van der Waals surface area contributed by atoms with Gasteiger partial charge in [-0.25, -0.2) is 0 Å². The van der Waals surface area contributed by atoms with Gasteiger partial charge in [0.25, 0.3) is 0 Å². The number of carbonyl (C=O) groups excluding carboxylic acids is 1. The fourth-order valence-electron chi connectivity index (χ4n) is 3.89. The first-order valence-corrected chi connectivity index (χ1v) is 12.0. The van der Waals surface area contributed by atoms with E-state index in [2.05, 4.69) is 34.2 Å². The molecule has 1 fully saturated rings. The number of carbonyl (C=O) groups is 1. The third kappa shape index (κ3) is 7.70. The van der Waals surface area contributed by atoms with Gasteiger partial charge in [0.2, 0.25) is 5.91 Å². The summed E-state index contributed by atoms with van der Waals surface area (Å²) in [7, 11) is 3.31. The Morgan fingerprint density at radius 1 is 1.00 bits per heavy atom. The molecular formula is C27H37N3O4. The van der Waals surface area contributed by atoms with Gasteiger partial charge in [0.1, 0.15) is 5.75 Å². The highest BCUT2D eigenvalue weighted by atomic mass is 16.5. The zero-order valence-electron chi connectivity index (χ0n) is 20.6. The number of amides is 1. The zero-order chi connectivity index (χ0) is 24.2. The lowest BCUT2D eigenvalue weighted by atomic mass is 10.2. The van der Waals surface area contributed by atoms with E-state index in [1.165, 1.54) is 5.69 Å². The number of hydrogen-bond acceptors (Lipinski definition) is 6. The minimum absolute atomic E-state index is 0.0883. The molecule has 1 saturated heterocycles. The highest BCUT2D eigenvalue weighted by Crippen LogP contribution is 2.28. The van der Waals surface area contributed by atoms with Crippen molar-refractivity contribution in [3.05, 3.63) is 54.1 Å². The van der Waals surface area contributed by atoms with Crippen LogP contribution in [-0.4, -0.2) is 70.9 Å². The number of benzene rings is 2. The molecule has 0 aliphatic carbocycles. The van der Waals surface area contributed by atoms with Crippen LogP contribution in [0, 0.1) is 0 Å². The summed E-state index contributed by atoms with van der Waals surface area (Å²) in [6, 6.07) is 13.9. The minimum atomic E-state index is -0.0883. The van der Waals surface area contributed by atoms with E-state index in [-0.39, 0.29) is 5.91 Å². The summed E-state index contributed by atoms with van der Waals surface area (Å²) in [5, 5.41) is 2.98. The third-order valence-electron chi connectivity index (χ3n) is 5.84. The summed E-state index contributed by atoms with van der Waals surface area (Å²) in [6.07, 6.45) is 5.22. The second-order valence-electron chi connectivity index (χ2n) is 8.26. The molecule has 0 unspecified atom stereocenters. The first-order valence-electron chi connectivity index (χ1n) is 12.0.